The Balaban J connectivity index is 1.72. The molecule has 0 radical (unpaired) electrons. The molecule has 1 aromatic carbocycles. The van der Waals surface area contributed by atoms with Crippen molar-refractivity contribution in [1.82, 2.24) is 14.8 Å². The van der Waals surface area contributed by atoms with E-state index >= 15 is 0 Å². The number of carbonyl (C=O) groups is 2. The van der Waals surface area contributed by atoms with Crippen LogP contribution >= 0.6 is 0 Å². The number of anilines is 2. The molecule has 0 fully saturated rings. The molecule has 10 heteroatoms. The van der Waals surface area contributed by atoms with Crippen molar-refractivity contribution in [2.45, 2.75) is 19.4 Å². The topological polar surface area (TPSA) is 132 Å². The Kier molecular flexibility index (Phi) is 3.48. The van der Waals surface area contributed by atoms with E-state index in [0.717, 1.165) is 0 Å². The summed E-state index contributed by atoms with van der Waals surface area (Å²) in [5, 5.41) is 19.9. The lowest BCUT2D eigenvalue weighted by Crippen LogP contribution is -2.23. The molecular formula is C13H12N6O4. The van der Waals surface area contributed by atoms with Crippen LogP contribution in [0.5, 0.6) is 0 Å². The van der Waals surface area contributed by atoms with Crippen LogP contribution in [0.25, 0.3) is 0 Å². The largest absolute Gasteiger partial charge is 0.326 e. The second-order valence-electron chi connectivity index (χ2n) is 5.04. The molecule has 2 amide bonds. The van der Waals surface area contributed by atoms with E-state index in [2.05, 4.69) is 20.7 Å². The number of benzene rings is 1. The minimum Gasteiger partial charge on any atom is -0.326 e. The number of aromatic nitrogens is 3. The van der Waals surface area contributed by atoms with Crippen molar-refractivity contribution in [3.05, 3.63) is 40.2 Å². The summed E-state index contributed by atoms with van der Waals surface area (Å²) in [5.74, 6) is -0.531. The molecule has 1 aliphatic heterocycles. The lowest BCUT2D eigenvalue weighted by molar-refractivity contribution is -0.385. The van der Waals surface area contributed by atoms with E-state index in [1.54, 1.807) is 19.1 Å². The van der Waals surface area contributed by atoms with Gasteiger partial charge in [-0.2, -0.15) is 10.1 Å². The van der Waals surface area contributed by atoms with Crippen LogP contribution in [0.1, 0.15) is 18.0 Å². The molecule has 1 aromatic heterocycles. The summed E-state index contributed by atoms with van der Waals surface area (Å²) in [6.07, 6.45) is 1.13. The van der Waals surface area contributed by atoms with Crippen LogP contribution in [-0.4, -0.2) is 31.5 Å². The Hall–Kier alpha value is -3.30. The van der Waals surface area contributed by atoms with Gasteiger partial charge in [0.1, 0.15) is 12.4 Å². The van der Waals surface area contributed by atoms with Crippen LogP contribution in [0.4, 0.5) is 17.3 Å². The standard InChI is InChI=1S/C13H12N6O4/c1-7-2-3-8(4-9(7)19(22)23)16-11(20)5-10-12(21)17-13-14-6-15-18(10)13/h2-4,6,10H,5H2,1H3,(H,16,20)(H,14,15,17,21)/t10-/m1/s1. The molecule has 23 heavy (non-hydrogen) atoms. The van der Waals surface area contributed by atoms with E-state index < -0.39 is 16.9 Å². The fourth-order valence-corrected chi connectivity index (χ4v) is 2.32. The van der Waals surface area contributed by atoms with Gasteiger partial charge in [0.25, 0.3) is 11.6 Å². The van der Waals surface area contributed by atoms with Crippen LogP contribution in [0.3, 0.4) is 0 Å². The number of hydrogen-bond donors (Lipinski definition) is 2. The molecule has 0 bridgehead atoms. The first-order valence-electron chi connectivity index (χ1n) is 6.71. The Bertz CT molecular complexity index is 815. The number of nitrogens with one attached hydrogen (secondary N) is 2. The lowest BCUT2D eigenvalue weighted by Gasteiger charge is -2.10. The van der Waals surface area contributed by atoms with E-state index in [1.165, 1.54) is 17.1 Å². The average molecular weight is 316 g/mol. The Morgan fingerprint density at radius 3 is 3.04 bits per heavy atom. The number of amides is 2. The number of fused-ring (bicyclic) bond motifs is 1. The fraction of sp³-hybridized carbons (Fsp3) is 0.231. The van der Waals surface area contributed by atoms with Crippen LogP contribution < -0.4 is 10.6 Å². The van der Waals surface area contributed by atoms with Gasteiger partial charge in [0.2, 0.25) is 11.9 Å². The second-order valence-corrected chi connectivity index (χ2v) is 5.04. The van der Waals surface area contributed by atoms with E-state index in [1.807, 2.05) is 0 Å². The third-order valence-corrected chi connectivity index (χ3v) is 3.47. The van der Waals surface area contributed by atoms with Crippen molar-refractivity contribution >= 4 is 29.1 Å². The predicted octanol–water partition coefficient (Wildman–Crippen LogP) is 1.02. The summed E-state index contributed by atoms with van der Waals surface area (Å²) >= 11 is 0. The molecule has 10 nitrogen and oxygen atoms in total. The van der Waals surface area contributed by atoms with Crippen LogP contribution in [0, 0.1) is 17.0 Å². The van der Waals surface area contributed by atoms with Gasteiger partial charge >= 0.3 is 0 Å². The fourth-order valence-electron chi connectivity index (χ4n) is 2.32. The number of aryl methyl sites for hydroxylation is 1. The van der Waals surface area contributed by atoms with E-state index in [0.29, 0.717) is 17.2 Å². The zero-order valence-corrected chi connectivity index (χ0v) is 12.0. The van der Waals surface area contributed by atoms with Gasteiger partial charge in [0.05, 0.1) is 11.3 Å². The van der Waals surface area contributed by atoms with Crippen molar-refractivity contribution in [1.29, 1.82) is 0 Å². The molecule has 0 saturated carbocycles. The molecule has 2 N–H and O–H groups in total. The summed E-state index contributed by atoms with van der Waals surface area (Å²) in [6.45, 7) is 1.61. The maximum absolute atomic E-state index is 12.1. The highest BCUT2D eigenvalue weighted by Gasteiger charge is 2.33. The molecular weight excluding hydrogens is 304 g/mol. The van der Waals surface area contributed by atoms with Crippen molar-refractivity contribution in [2.24, 2.45) is 0 Å². The molecule has 2 heterocycles. The maximum Gasteiger partial charge on any atom is 0.274 e. The minimum atomic E-state index is -0.784. The quantitative estimate of drug-likeness (QED) is 0.639. The summed E-state index contributed by atoms with van der Waals surface area (Å²) < 4.78 is 1.33. The molecule has 2 aromatic rings. The first kappa shape index (κ1) is 14.6. The molecule has 0 saturated heterocycles. The smallest absolute Gasteiger partial charge is 0.274 e. The van der Waals surface area contributed by atoms with Gasteiger partial charge in [-0.25, -0.2) is 4.68 Å². The van der Waals surface area contributed by atoms with E-state index in [9.17, 15) is 19.7 Å². The van der Waals surface area contributed by atoms with Gasteiger partial charge in [0.15, 0.2) is 0 Å². The summed E-state index contributed by atoms with van der Waals surface area (Å²) in [4.78, 5) is 38.1. The second kappa shape index (κ2) is 5.48. The average Bonchev–Trinajstić information content (AvgIpc) is 3.04. The number of rotatable bonds is 4. The Morgan fingerprint density at radius 1 is 1.52 bits per heavy atom. The minimum absolute atomic E-state index is 0.0834. The Labute approximate surface area is 129 Å². The first-order chi connectivity index (χ1) is 11.0. The maximum atomic E-state index is 12.1. The molecule has 0 aliphatic carbocycles. The third kappa shape index (κ3) is 2.73. The van der Waals surface area contributed by atoms with Gasteiger partial charge < -0.3 is 5.32 Å². The van der Waals surface area contributed by atoms with Crippen LogP contribution in [-0.2, 0) is 9.59 Å². The molecule has 118 valence electrons. The van der Waals surface area contributed by atoms with E-state index in [-0.39, 0.29) is 18.0 Å². The zero-order valence-electron chi connectivity index (χ0n) is 12.0. The summed E-state index contributed by atoms with van der Waals surface area (Å²) in [6, 6.07) is 3.61. The van der Waals surface area contributed by atoms with Gasteiger partial charge in [-0.15, -0.1) is 0 Å². The Morgan fingerprint density at radius 2 is 2.30 bits per heavy atom. The molecule has 3 rings (SSSR count). The number of nitro benzene ring substituents is 1. The predicted molar refractivity (Wildman–Crippen MR) is 78.8 cm³/mol. The van der Waals surface area contributed by atoms with Crippen LogP contribution in [0.15, 0.2) is 24.5 Å². The number of nitrogens with zero attached hydrogens (tertiary/aromatic N) is 4. The highest BCUT2D eigenvalue weighted by Crippen LogP contribution is 2.25. The van der Waals surface area contributed by atoms with Crippen LogP contribution in [0.2, 0.25) is 0 Å². The highest BCUT2D eigenvalue weighted by atomic mass is 16.6. The zero-order chi connectivity index (χ0) is 16.6. The molecule has 1 aliphatic rings. The number of carbonyl (C=O) groups excluding carboxylic acids is 2. The van der Waals surface area contributed by atoms with Crippen molar-refractivity contribution in [2.75, 3.05) is 10.6 Å². The van der Waals surface area contributed by atoms with Gasteiger partial charge in [-0.1, -0.05) is 6.07 Å². The molecule has 0 spiro atoms. The van der Waals surface area contributed by atoms with Crippen molar-refractivity contribution in [3.63, 3.8) is 0 Å². The third-order valence-electron chi connectivity index (χ3n) is 3.47. The summed E-state index contributed by atoms with van der Waals surface area (Å²) in [7, 11) is 0. The van der Waals surface area contributed by atoms with E-state index in [4.69, 9.17) is 0 Å². The van der Waals surface area contributed by atoms with Gasteiger partial charge in [0, 0.05) is 17.3 Å². The van der Waals surface area contributed by atoms with Crippen molar-refractivity contribution in [3.8, 4) is 0 Å². The normalized spacial score (nSPS) is 15.9. The highest BCUT2D eigenvalue weighted by molar-refractivity contribution is 6.00. The number of nitro groups is 1. The number of hydrogen-bond acceptors (Lipinski definition) is 6. The van der Waals surface area contributed by atoms with Gasteiger partial charge in [-0.05, 0) is 13.0 Å². The monoisotopic (exact) mass is 316 g/mol. The van der Waals surface area contributed by atoms with Crippen molar-refractivity contribution < 1.29 is 14.5 Å². The molecule has 1 atom stereocenters. The first-order valence-corrected chi connectivity index (χ1v) is 6.71. The van der Waals surface area contributed by atoms with Gasteiger partial charge in [-0.3, -0.25) is 25.0 Å². The summed E-state index contributed by atoms with van der Waals surface area (Å²) in [5.41, 5.74) is 0.708. The SMILES string of the molecule is Cc1ccc(NC(=O)C[C@@H]2C(=O)Nc3ncnn32)cc1[N+](=O)[O-]. The molecule has 0 unspecified atom stereocenters. The lowest BCUT2D eigenvalue weighted by atomic mass is 10.1.